The second kappa shape index (κ2) is 209. The zero-order chi connectivity index (χ0) is 0. The van der Waals surface area contributed by atoms with Crippen molar-refractivity contribution in [1.29, 1.82) is 0 Å². The molecule has 0 aromatic heterocycles. The van der Waals surface area contributed by atoms with Crippen molar-refractivity contribution in [3.05, 3.63) is 0 Å². The van der Waals surface area contributed by atoms with E-state index >= 15 is 0 Å². The summed E-state index contributed by atoms with van der Waals surface area (Å²) in [5.41, 5.74) is 0. The van der Waals surface area contributed by atoms with Gasteiger partial charge in [-0.2, -0.15) is 0 Å². The molecule has 5 nitrogen and oxygen atoms in total. The topological polar surface area (TPSA) is 150 Å². The summed E-state index contributed by atoms with van der Waals surface area (Å²) in [6.45, 7) is 0. The van der Waals surface area contributed by atoms with Crippen LogP contribution in [0.2, 0.25) is 0 Å². The van der Waals surface area contributed by atoms with Gasteiger partial charge in [0.15, 0.2) is 0 Å². The van der Waals surface area contributed by atoms with Crippen molar-refractivity contribution in [1.82, 2.24) is 0 Å². The van der Waals surface area contributed by atoms with Crippen LogP contribution in [0.1, 0.15) is 0 Å². The predicted molar refractivity (Wildman–Crippen MR) is 9.68 cm³/mol. The molecular formula is H5NaO5-4. The Balaban J connectivity index is 0. The Morgan fingerprint density at radius 3 is 0.333 bits per heavy atom. The van der Waals surface area contributed by atoms with Crippen molar-refractivity contribution in [2.45, 2.75) is 0 Å². The van der Waals surface area contributed by atoms with Gasteiger partial charge >= 0.3 is 29.6 Å². The van der Waals surface area contributed by atoms with E-state index in [9.17, 15) is 0 Å². The summed E-state index contributed by atoms with van der Waals surface area (Å²) in [7, 11) is 0. The average molecular weight is 108 g/mol. The minimum atomic E-state index is 0. The van der Waals surface area contributed by atoms with Gasteiger partial charge in [-0.3, -0.25) is 0 Å². The van der Waals surface area contributed by atoms with Crippen LogP contribution in [0.15, 0.2) is 0 Å². The monoisotopic (exact) mass is 108 g/mol. The van der Waals surface area contributed by atoms with Gasteiger partial charge in [-0.15, -0.1) is 0 Å². The van der Waals surface area contributed by atoms with Gasteiger partial charge in [0.2, 0.25) is 0 Å². The zero-order valence-electron chi connectivity index (χ0n) is 3.24. The molecule has 0 aliphatic rings. The van der Waals surface area contributed by atoms with Crippen molar-refractivity contribution >= 4 is 0 Å². The Bertz CT molecular complexity index is 3.90. The van der Waals surface area contributed by atoms with Crippen LogP contribution < -0.4 is 29.6 Å². The molecular weight excluding hydrogens is 103 g/mol. The number of hydrogen-bond acceptors (Lipinski definition) is 5. The van der Waals surface area contributed by atoms with Gasteiger partial charge in [-0.1, -0.05) is 0 Å². The van der Waals surface area contributed by atoms with Crippen molar-refractivity contribution in [3.63, 3.8) is 0 Å². The van der Waals surface area contributed by atoms with Gasteiger partial charge in [0.25, 0.3) is 0 Å². The fraction of sp³-hybridized carbons (Fsp3) is 0. The maximum Gasteiger partial charge on any atom is 1.00 e. The molecule has 0 radical (unpaired) electrons. The third kappa shape index (κ3) is 108. The van der Waals surface area contributed by atoms with E-state index in [0.29, 0.717) is 0 Å². The SMILES string of the molecule is [Na+].[OH-].[OH-].[OH-].[OH-].[OH-]. The van der Waals surface area contributed by atoms with E-state index in [-0.39, 0.29) is 56.9 Å². The molecule has 0 heterocycles. The van der Waals surface area contributed by atoms with E-state index in [1.807, 2.05) is 0 Å². The minimum Gasteiger partial charge on any atom is -0.870 e. The quantitative estimate of drug-likeness (QED) is 0.290. The van der Waals surface area contributed by atoms with Gasteiger partial charge in [-0.25, -0.2) is 0 Å². The standard InChI is InChI=1S/Na.5H2O/h;5*1H2/q+1;;;;;/p-5. The second-order valence-corrected chi connectivity index (χ2v) is 0. The van der Waals surface area contributed by atoms with Crippen molar-refractivity contribution in [3.8, 4) is 0 Å². The molecule has 0 bridgehead atoms. The van der Waals surface area contributed by atoms with Gasteiger partial charge in [-0.05, 0) is 0 Å². The normalized spacial score (nSPS) is 0. The molecule has 0 aliphatic heterocycles. The molecule has 5 N–H and O–H groups in total. The van der Waals surface area contributed by atoms with Gasteiger partial charge in [0, 0.05) is 0 Å². The Morgan fingerprint density at radius 2 is 0.333 bits per heavy atom. The van der Waals surface area contributed by atoms with Crippen LogP contribution in [0, 0.1) is 0 Å². The summed E-state index contributed by atoms with van der Waals surface area (Å²) < 4.78 is 0. The number of hydrogen-bond donors (Lipinski definition) is 0. The van der Waals surface area contributed by atoms with Crippen LogP contribution >= 0.6 is 0 Å². The van der Waals surface area contributed by atoms with E-state index in [0.717, 1.165) is 0 Å². The molecule has 0 saturated carbocycles. The van der Waals surface area contributed by atoms with Gasteiger partial charge in [0.1, 0.15) is 0 Å². The summed E-state index contributed by atoms with van der Waals surface area (Å²) >= 11 is 0. The molecule has 6 heavy (non-hydrogen) atoms. The molecule has 6 heteroatoms. The first kappa shape index (κ1) is 357. The summed E-state index contributed by atoms with van der Waals surface area (Å²) in [6.07, 6.45) is 0. The summed E-state index contributed by atoms with van der Waals surface area (Å²) in [6, 6.07) is 0. The van der Waals surface area contributed by atoms with E-state index < -0.39 is 0 Å². The Morgan fingerprint density at radius 1 is 0.333 bits per heavy atom. The molecule has 0 spiro atoms. The Hall–Kier alpha value is 0.800. The molecule has 0 aromatic rings. The van der Waals surface area contributed by atoms with Crippen molar-refractivity contribution < 1.29 is 56.9 Å². The summed E-state index contributed by atoms with van der Waals surface area (Å²) in [5.74, 6) is 0. The van der Waals surface area contributed by atoms with E-state index in [4.69, 9.17) is 0 Å². The Kier molecular flexibility index (Phi) is 12400. The fourth-order valence-corrected chi connectivity index (χ4v) is 0. The fourth-order valence-electron chi connectivity index (χ4n) is 0. The first-order chi connectivity index (χ1) is 0. The van der Waals surface area contributed by atoms with Crippen LogP contribution in [0.25, 0.3) is 0 Å². The summed E-state index contributed by atoms with van der Waals surface area (Å²) in [5, 5.41) is 0. The average Bonchev–Trinajstić information content (AvgIpc) is 0. The van der Waals surface area contributed by atoms with Gasteiger partial charge in [0.05, 0.1) is 0 Å². The smallest absolute Gasteiger partial charge is 0.870 e. The van der Waals surface area contributed by atoms with E-state index in [1.165, 1.54) is 0 Å². The third-order valence-corrected chi connectivity index (χ3v) is 0. The first-order valence-electron chi connectivity index (χ1n) is 0. The van der Waals surface area contributed by atoms with E-state index in [2.05, 4.69) is 0 Å². The molecule has 0 unspecified atom stereocenters. The Labute approximate surface area is 57.2 Å². The first-order valence-corrected chi connectivity index (χ1v) is 0. The molecule has 0 aliphatic carbocycles. The summed E-state index contributed by atoms with van der Waals surface area (Å²) in [4.78, 5) is 0. The zero-order valence-corrected chi connectivity index (χ0v) is 5.24. The maximum atomic E-state index is 0. The van der Waals surface area contributed by atoms with Crippen molar-refractivity contribution in [2.75, 3.05) is 0 Å². The van der Waals surface area contributed by atoms with Crippen LogP contribution in [0.5, 0.6) is 0 Å². The largest absolute Gasteiger partial charge is 1.00 e. The second-order valence-electron chi connectivity index (χ2n) is 0. The van der Waals surface area contributed by atoms with Crippen LogP contribution in [0.3, 0.4) is 0 Å². The maximum absolute atomic E-state index is 0. The van der Waals surface area contributed by atoms with E-state index in [1.54, 1.807) is 0 Å². The minimum absolute atomic E-state index is 0. The van der Waals surface area contributed by atoms with Crippen LogP contribution in [0.4, 0.5) is 0 Å². The van der Waals surface area contributed by atoms with Crippen LogP contribution in [-0.4, -0.2) is 27.4 Å². The predicted octanol–water partition coefficient (Wildman–Crippen LogP) is -3.88. The van der Waals surface area contributed by atoms with Crippen LogP contribution in [-0.2, 0) is 0 Å². The molecule has 0 saturated heterocycles. The molecule has 0 atom stereocenters. The van der Waals surface area contributed by atoms with Crippen molar-refractivity contribution in [2.24, 2.45) is 0 Å². The third-order valence-electron chi connectivity index (χ3n) is 0. The number of rotatable bonds is 0. The molecule has 0 aromatic carbocycles. The molecule has 0 amide bonds. The molecule has 0 fully saturated rings. The molecule has 0 rings (SSSR count). The molecule has 40 valence electrons. The van der Waals surface area contributed by atoms with Gasteiger partial charge < -0.3 is 27.4 Å².